The molecule has 1 aromatic rings. The van der Waals surface area contributed by atoms with Gasteiger partial charge < -0.3 is 5.11 Å². The van der Waals surface area contributed by atoms with Crippen molar-refractivity contribution in [3.63, 3.8) is 0 Å². The molecule has 1 fully saturated rings. The zero-order chi connectivity index (χ0) is 13.3. The molecular weight excluding hydrogens is 224 g/mol. The van der Waals surface area contributed by atoms with E-state index in [4.69, 9.17) is 0 Å². The lowest BCUT2D eigenvalue weighted by Crippen LogP contribution is -2.42. The molecular formula is C15H26N2O. The molecule has 0 aromatic carbocycles. The smallest absolute Gasteiger partial charge is 0.0579 e. The van der Waals surface area contributed by atoms with Gasteiger partial charge in [-0.2, -0.15) is 5.10 Å². The first kappa shape index (κ1) is 13.6. The summed E-state index contributed by atoms with van der Waals surface area (Å²) in [6, 6.07) is 2.11. The van der Waals surface area contributed by atoms with Crippen molar-refractivity contribution in [2.24, 2.45) is 11.8 Å². The van der Waals surface area contributed by atoms with Crippen LogP contribution in [0.1, 0.15) is 52.7 Å². The summed E-state index contributed by atoms with van der Waals surface area (Å²) in [6.07, 6.45) is 4.98. The van der Waals surface area contributed by atoms with Crippen molar-refractivity contribution < 1.29 is 5.11 Å². The molecule has 1 N–H and O–H groups in total. The third-order valence-corrected chi connectivity index (χ3v) is 4.68. The average Bonchev–Trinajstić information content (AvgIpc) is 2.76. The Bertz CT molecular complexity index is 397. The minimum atomic E-state index is -0.177. The quantitative estimate of drug-likeness (QED) is 0.895. The molecule has 1 aliphatic rings. The minimum absolute atomic E-state index is 0.00787. The second-order valence-electron chi connectivity index (χ2n) is 6.35. The molecule has 3 nitrogen and oxygen atoms in total. The monoisotopic (exact) mass is 250 g/mol. The van der Waals surface area contributed by atoms with Crippen LogP contribution in [0.2, 0.25) is 0 Å². The third-order valence-electron chi connectivity index (χ3n) is 4.68. The zero-order valence-electron chi connectivity index (χ0n) is 12.1. The predicted octanol–water partition coefficient (Wildman–Crippen LogP) is 2.98. The van der Waals surface area contributed by atoms with E-state index in [1.807, 2.05) is 6.20 Å². The number of aryl methyl sites for hydroxylation is 1. The molecule has 18 heavy (non-hydrogen) atoms. The van der Waals surface area contributed by atoms with Crippen LogP contribution < -0.4 is 0 Å². The van der Waals surface area contributed by atoms with Crippen molar-refractivity contribution in [3.05, 3.63) is 18.0 Å². The van der Waals surface area contributed by atoms with E-state index in [2.05, 4.69) is 43.5 Å². The second-order valence-corrected chi connectivity index (χ2v) is 6.35. The molecule has 0 aliphatic heterocycles. The summed E-state index contributed by atoms with van der Waals surface area (Å²) in [5, 5.41) is 14.8. The molecule has 0 spiro atoms. The van der Waals surface area contributed by atoms with Crippen LogP contribution in [-0.2, 0) is 12.0 Å². The van der Waals surface area contributed by atoms with Gasteiger partial charge in [-0.25, -0.2) is 0 Å². The Kier molecular flexibility index (Phi) is 3.81. The van der Waals surface area contributed by atoms with E-state index in [0.717, 1.165) is 19.4 Å². The number of rotatable bonds is 3. The van der Waals surface area contributed by atoms with Crippen molar-refractivity contribution in [2.75, 3.05) is 0 Å². The highest BCUT2D eigenvalue weighted by Crippen LogP contribution is 2.42. The van der Waals surface area contributed by atoms with Crippen LogP contribution in [0.5, 0.6) is 0 Å². The summed E-state index contributed by atoms with van der Waals surface area (Å²) < 4.78 is 2.06. The van der Waals surface area contributed by atoms with E-state index < -0.39 is 0 Å². The first-order chi connectivity index (χ1) is 8.46. The maximum Gasteiger partial charge on any atom is 0.0579 e. The fourth-order valence-electron chi connectivity index (χ4n) is 3.51. The average molecular weight is 250 g/mol. The van der Waals surface area contributed by atoms with Crippen molar-refractivity contribution >= 4 is 0 Å². The molecule has 3 atom stereocenters. The van der Waals surface area contributed by atoms with Crippen molar-refractivity contribution in [1.82, 2.24) is 9.78 Å². The first-order valence-corrected chi connectivity index (χ1v) is 7.17. The number of nitrogens with zero attached hydrogens (tertiary/aromatic N) is 2. The van der Waals surface area contributed by atoms with E-state index in [9.17, 15) is 5.11 Å². The summed E-state index contributed by atoms with van der Waals surface area (Å²) in [5.41, 5.74) is 1.25. The molecule has 0 amide bonds. The van der Waals surface area contributed by atoms with Gasteiger partial charge in [-0.1, -0.05) is 27.2 Å². The van der Waals surface area contributed by atoms with Gasteiger partial charge in [0.05, 0.1) is 6.10 Å². The summed E-state index contributed by atoms with van der Waals surface area (Å²) in [6.45, 7) is 9.75. The standard InChI is InChI=1S/C15H26N2O/c1-5-17-14(8-9-16-17)15(3,4)12-7-6-11(2)10-13(12)18/h8-9,11-13,18H,5-7,10H2,1-4H3. The van der Waals surface area contributed by atoms with Gasteiger partial charge in [-0.05, 0) is 37.7 Å². The lowest BCUT2D eigenvalue weighted by Gasteiger charge is -2.42. The van der Waals surface area contributed by atoms with Crippen molar-refractivity contribution in [1.29, 1.82) is 0 Å². The van der Waals surface area contributed by atoms with Crippen LogP contribution in [0.3, 0.4) is 0 Å². The number of aliphatic hydroxyl groups is 1. The molecule has 1 heterocycles. The number of aliphatic hydroxyl groups excluding tert-OH is 1. The van der Waals surface area contributed by atoms with Crippen LogP contribution in [0.25, 0.3) is 0 Å². The van der Waals surface area contributed by atoms with E-state index in [1.54, 1.807) is 0 Å². The summed E-state index contributed by atoms with van der Waals surface area (Å²) >= 11 is 0. The van der Waals surface area contributed by atoms with Crippen LogP contribution >= 0.6 is 0 Å². The highest BCUT2D eigenvalue weighted by Gasteiger charge is 2.40. The Morgan fingerprint density at radius 2 is 2.17 bits per heavy atom. The van der Waals surface area contributed by atoms with Crippen molar-refractivity contribution in [2.45, 2.75) is 65.0 Å². The largest absolute Gasteiger partial charge is 0.393 e. The number of hydrogen-bond acceptors (Lipinski definition) is 2. The van der Waals surface area contributed by atoms with Gasteiger partial charge >= 0.3 is 0 Å². The van der Waals surface area contributed by atoms with Gasteiger partial charge in [0, 0.05) is 23.9 Å². The van der Waals surface area contributed by atoms with Gasteiger partial charge in [-0.3, -0.25) is 4.68 Å². The third kappa shape index (κ3) is 2.33. The molecule has 0 saturated heterocycles. The Hall–Kier alpha value is -0.830. The first-order valence-electron chi connectivity index (χ1n) is 7.17. The molecule has 1 aliphatic carbocycles. The van der Waals surface area contributed by atoms with Crippen LogP contribution in [0.15, 0.2) is 12.3 Å². The fourth-order valence-corrected chi connectivity index (χ4v) is 3.51. The maximum atomic E-state index is 10.4. The van der Waals surface area contributed by atoms with Gasteiger partial charge in [0.1, 0.15) is 0 Å². The van der Waals surface area contributed by atoms with Gasteiger partial charge in [0.15, 0.2) is 0 Å². The zero-order valence-corrected chi connectivity index (χ0v) is 12.1. The molecule has 3 unspecified atom stereocenters. The molecule has 0 radical (unpaired) electrons. The Morgan fingerprint density at radius 1 is 1.44 bits per heavy atom. The Balaban J connectivity index is 2.25. The Labute approximate surface area is 110 Å². The van der Waals surface area contributed by atoms with Crippen LogP contribution in [0.4, 0.5) is 0 Å². The number of aromatic nitrogens is 2. The van der Waals surface area contributed by atoms with Crippen LogP contribution in [-0.4, -0.2) is 21.0 Å². The van der Waals surface area contributed by atoms with E-state index in [0.29, 0.717) is 11.8 Å². The minimum Gasteiger partial charge on any atom is -0.393 e. The SMILES string of the molecule is CCn1nccc1C(C)(C)C1CCC(C)CC1O. The predicted molar refractivity (Wildman–Crippen MR) is 73.4 cm³/mol. The summed E-state index contributed by atoms with van der Waals surface area (Å²) in [5.74, 6) is 0.999. The highest BCUT2D eigenvalue weighted by molar-refractivity contribution is 5.17. The summed E-state index contributed by atoms with van der Waals surface area (Å²) in [7, 11) is 0. The maximum absolute atomic E-state index is 10.4. The molecule has 3 heteroatoms. The van der Waals surface area contributed by atoms with Crippen LogP contribution in [0, 0.1) is 11.8 Å². The molecule has 1 saturated carbocycles. The van der Waals surface area contributed by atoms with Gasteiger partial charge in [0.2, 0.25) is 0 Å². The van der Waals surface area contributed by atoms with Gasteiger partial charge in [-0.15, -0.1) is 0 Å². The van der Waals surface area contributed by atoms with Gasteiger partial charge in [0.25, 0.3) is 0 Å². The second kappa shape index (κ2) is 5.04. The topological polar surface area (TPSA) is 38.0 Å². The van der Waals surface area contributed by atoms with E-state index >= 15 is 0 Å². The summed E-state index contributed by atoms with van der Waals surface area (Å²) in [4.78, 5) is 0. The number of hydrogen-bond donors (Lipinski definition) is 1. The Morgan fingerprint density at radius 3 is 2.78 bits per heavy atom. The molecule has 2 rings (SSSR count). The molecule has 1 aromatic heterocycles. The lowest BCUT2D eigenvalue weighted by molar-refractivity contribution is 0.0121. The molecule has 102 valence electrons. The molecule has 0 bridgehead atoms. The lowest BCUT2D eigenvalue weighted by atomic mass is 9.66. The fraction of sp³-hybridized carbons (Fsp3) is 0.800. The van der Waals surface area contributed by atoms with E-state index in [1.165, 1.54) is 12.1 Å². The van der Waals surface area contributed by atoms with Crippen molar-refractivity contribution in [3.8, 4) is 0 Å². The highest BCUT2D eigenvalue weighted by atomic mass is 16.3. The van der Waals surface area contributed by atoms with E-state index in [-0.39, 0.29) is 11.5 Å². The normalized spacial score (nSPS) is 29.5.